The Bertz CT molecular complexity index is 1390. The predicted octanol–water partition coefficient (Wildman–Crippen LogP) is 5.97. The average molecular weight is 570 g/mol. The summed E-state index contributed by atoms with van der Waals surface area (Å²) in [6.45, 7) is 0.868. The topological polar surface area (TPSA) is 87.7 Å². The Morgan fingerprint density at radius 3 is 2.31 bits per heavy atom. The van der Waals surface area contributed by atoms with E-state index in [-0.39, 0.29) is 33.7 Å². The highest BCUT2D eigenvalue weighted by Gasteiger charge is 2.25. The van der Waals surface area contributed by atoms with Crippen molar-refractivity contribution >= 4 is 52.4 Å². The number of nitrogens with one attached hydrogen (secondary N) is 2. The minimum atomic E-state index is -0.948. The summed E-state index contributed by atoms with van der Waals surface area (Å²) in [5.41, 5.74) is 3.09. The maximum atomic E-state index is 13.8. The number of amides is 3. The normalized spacial score (nSPS) is 13.7. The van der Waals surface area contributed by atoms with E-state index in [0.29, 0.717) is 19.5 Å². The maximum absolute atomic E-state index is 13.8. The molecule has 2 N–H and O–H groups in total. The van der Waals surface area contributed by atoms with E-state index in [9.17, 15) is 18.8 Å². The summed E-state index contributed by atoms with van der Waals surface area (Å²) in [6.07, 6.45) is 2.79. The summed E-state index contributed by atoms with van der Waals surface area (Å²) < 4.78 is 18.7. The lowest BCUT2D eigenvalue weighted by atomic mass is 9.97. The zero-order chi connectivity index (χ0) is 27.9. The molecule has 3 aromatic rings. The first-order valence-electron chi connectivity index (χ1n) is 12.2. The molecule has 1 atom stereocenters. The van der Waals surface area contributed by atoms with E-state index >= 15 is 0 Å². The molecule has 0 fully saturated rings. The van der Waals surface area contributed by atoms with Crippen molar-refractivity contribution in [2.75, 3.05) is 25.5 Å². The van der Waals surface area contributed by atoms with Crippen LogP contribution in [0, 0.1) is 5.82 Å². The number of hydrogen-bond acceptors (Lipinski definition) is 4. The van der Waals surface area contributed by atoms with Gasteiger partial charge in [0.25, 0.3) is 5.91 Å². The van der Waals surface area contributed by atoms with Gasteiger partial charge in [0.2, 0.25) is 0 Å². The molecule has 0 aromatic heterocycles. The van der Waals surface area contributed by atoms with Gasteiger partial charge in [-0.2, -0.15) is 0 Å². The van der Waals surface area contributed by atoms with Crippen LogP contribution in [0.4, 0.5) is 14.9 Å². The van der Waals surface area contributed by atoms with Crippen LogP contribution in [0.1, 0.15) is 27.9 Å². The first kappa shape index (κ1) is 28.1. The fraction of sp³-hybridized carbons (Fsp3) is 0.207. The number of halogens is 3. The molecule has 4 rings (SSSR count). The third kappa shape index (κ3) is 6.96. The van der Waals surface area contributed by atoms with E-state index in [4.69, 9.17) is 27.9 Å². The Labute approximate surface area is 235 Å². The molecule has 1 aliphatic rings. The number of anilines is 1. The molecule has 202 valence electrons. The summed E-state index contributed by atoms with van der Waals surface area (Å²) in [5.74, 6) is -1.66. The van der Waals surface area contributed by atoms with Crippen molar-refractivity contribution in [3.63, 3.8) is 0 Å². The molecule has 10 heteroatoms. The largest absolute Gasteiger partial charge is 0.467 e. The number of carbonyl (C=O) groups excluding carboxylic acids is 3. The summed E-state index contributed by atoms with van der Waals surface area (Å²) in [7, 11) is 1.25. The third-order valence-electron chi connectivity index (χ3n) is 6.36. The minimum absolute atomic E-state index is 0.0888. The Kier molecular flexibility index (Phi) is 9.22. The van der Waals surface area contributed by atoms with Gasteiger partial charge >= 0.3 is 12.0 Å². The Balaban J connectivity index is 1.39. The molecule has 3 aromatic carbocycles. The van der Waals surface area contributed by atoms with E-state index in [1.54, 1.807) is 35.2 Å². The second-order valence-corrected chi connectivity index (χ2v) is 9.70. The van der Waals surface area contributed by atoms with Gasteiger partial charge in [0.15, 0.2) is 0 Å². The molecule has 39 heavy (non-hydrogen) atoms. The number of hydrogen-bond donors (Lipinski definition) is 2. The fourth-order valence-electron chi connectivity index (χ4n) is 4.24. The quantitative estimate of drug-likeness (QED) is 0.343. The van der Waals surface area contributed by atoms with E-state index in [0.717, 1.165) is 16.7 Å². The van der Waals surface area contributed by atoms with Gasteiger partial charge in [-0.1, -0.05) is 71.7 Å². The molecule has 0 saturated carbocycles. The number of esters is 1. The number of methoxy groups -OCH3 is 1. The van der Waals surface area contributed by atoms with E-state index in [2.05, 4.69) is 10.6 Å². The molecule has 1 heterocycles. The number of urea groups is 1. The zero-order valence-corrected chi connectivity index (χ0v) is 22.6. The molecule has 0 radical (unpaired) electrons. The van der Waals surface area contributed by atoms with Crippen molar-refractivity contribution < 1.29 is 23.5 Å². The summed E-state index contributed by atoms with van der Waals surface area (Å²) >= 11 is 12.3. The van der Waals surface area contributed by atoms with Gasteiger partial charge in [-0.05, 0) is 47.4 Å². The van der Waals surface area contributed by atoms with E-state index in [1.807, 2.05) is 30.3 Å². The van der Waals surface area contributed by atoms with Crippen molar-refractivity contribution in [3.8, 4) is 0 Å². The Morgan fingerprint density at radius 2 is 1.69 bits per heavy atom. The van der Waals surface area contributed by atoms with Crippen molar-refractivity contribution in [1.29, 1.82) is 0 Å². The van der Waals surface area contributed by atoms with E-state index in [1.165, 1.54) is 19.2 Å². The highest BCUT2D eigenvalue weighted by molar-refractivity contribution is 6.39. The molecule has 0 unspecified atom stereocenters. The Hall–Kier alpha value is -3.88. The average Bonchev–Trinajstić information content (AvgIpc) is 2.94. The van der Waals surface area contributed by atoms with Crippen LogP contribution >= 0.6 is 23.2 Å². The van der Waals surface area contributed by atoms with Gasteiger partial charge in [0.05, 0.1) is 28.4 Å². The maximum Gasteiger partial charge on any atom is 0.328 e. The van der Waals surface area contributed by atoms with Crippen molar-refractivity contribution in [3.05, 3.63) is 105 Å². The van der Waals surface area contributed by atoms with Crippen LogP contribution < -0.4 is 10.6 Å². The minimum Gasteiger partial charge on any atom is -0.467 e. The number of nitrogens with zero attached hydrogens (tertiary/aromatic N) is 1. The monoisotopic (exact) mass is 569 g/mol. The molecule has 0 spiro atoms. The molecular formula is C29H26Cl2FN3O4. The molecule has 3 amide bonds. The molecule has 7 nitrogen and oxygen atoms in total. The fourth-order valence-corrected chi connectivity index (χ4v) is 4.81. The Morgan fingerprint density at radius 1 is 1.00 bits per heavy atom. The lowest BCUT2D eigenvalue weighted by molar-refractivity contribution is -0.142. The van der Waals surface area contributed by atoms with Crippen molar-refractivity contribution in [1.82, 2.24) is 10.2 Å². The van der Waals surface area contributed by atoms with Crippen LogP contribution in [0.15, 0.2) is 72.8 Å². The molecule has 0 saturated heterocycles. The second kappa shape index (κ2) is 12.8. The summed E-state index contributed by atoms with van der Waals surface area (Å²) in [4.78, 5) is 39.4. The number of ether oxygens (including phenoxy) is 1. The van der Waals surface area contributed by atoms with Gasteiger partial charge in [0, 0.05) is 19.5 Å². The number of para-hydroxylation sites is 1. The van der Waals surface area contributed by atoms with Gasteiger partial charge in [0.1, 0.15) is 11.9 Å². The highest BCUT2D eigenvalue weighted by atomic mass is 35.5. The van der Waals surface area contributed by atoms with Crippen molar-refractivity contribution in [2.45, 2.75) is 18.9 Å². The van der Waals surface area contributed by atoms with E-state index < -0.39 is 23.7 Å². The third-order valence-corrected chi connectivity index (χ3v) is 6.99. The van der Waals surface area contributed by atoms with Crippen LogP contribution in [0.5, 0.6) is 0 Å². The molecule has 0 aliphatic carbocycles. The SMILES string of the molecule is COC(=O)[C@H](Cc1ccc(C2=CCN(C(=O)Nc3ccccc3F)CC2)cc1)NC(=O)c1c(Cl)cccc1Cl. The standard InChI is InChI=1S/C29H26Cl2FN3O4/c1-39-28(37)25(33-27(36)26-21(30)5-4-6-22(26)31)17-18-9-11-19(12-10-18)20-13-15-35(16-14-20)29(38)34-24-8-3-2-7-23(24)32/h2-13,25H,14-17H2,1H3,(H,33,36)(H,34,38)/t25-/m0/s1. The number of carbonyl (C=O) groups is 3. The van der Waals surface area contributed by atoms with Crippen LogP contribution in [-0.4, -0.2) is 49.0 Å². The van der Waals surface area contributed by atoms with Crippen LogP contribution in [0.3, 0.4) is 0 Å². The van der Waals surface area contributed by atoms with Crippen LogP contribution in [0.25, 0.3) is 5.57 Å². The molecule has 1 aliphatic heterocycles. The smallest absolute Gasteiger partial charge is 0.328 e. The number of rotatable bonds is 7. The highest BCUT2D eigenvalue weighted by Crippen LogP contribution is 2.26. The predicted molar refractivity (Wildman–Crippen MR) is 149 cm³/mol. The summed E-state index contributed by atoms with van der Waals surface area (Å²) in [6, 6.07) is 17.0. The lowest BCUT2D eigenvalue weighted by Crippen LogP contribution is -2.43. The van der Waals surface area contributed by atoms with Crippen LogP contribution in [0.2, 0.25) is 10.0 Å². The van der Waals surface area contributed by atoms with Crippen LogP contribution in [-0.2, 0) is 16.0 Å². The number of benzene rings is 3. The van der Waals surface area contributed by atoms with Gasteiger partial charge < -0.3 is 20.3 Å². The first-order chi connectivity index (χ1) is 18.8. The molecular weight excluding hydrogens is 544 g/mol. The van der Waals surface area contributed by atoms with Crippen molar-refractivity contribution in [2.24, 2.45) is 0 Å². The van der Waals surface area contributed by atoms with Gasteiger partial charge in [-0.3, -0.25) is 4.79 Å². The molecule has 0 bridgehead atoms. The van der Waals surface area contributed by atoms with Gasteiger partial charge in [-0.25, -0.2) is 14.0 Å². The van der Waals surface area contributed by atoms with Gasteiger partial charge in [-0.15, -0.1) is 0 Å². The summed E-state index contributed by atoms with van der Waals surface area (Å²) in [5, 5.41) is 5.63. The first-order valence-corrected chi connectivity index (χ1v) is 12.9. The zero-order valence-electron chi connectivity index (χ0n) is 21.0. The second-order valence-electron chi connectivity index (χ2n) is 8.88. The lowest BCUT2D eigenvalue weighted by Gasteiger charge is -2.27.